The summed E-state index contributed by atoms with van der Waals surface area (Å²) in [4.78, 5) is 25.1. The Morgan fingerprint density at radius 3 is 2.58 bits per heavy atom. The van der Waals surface area contributed by atoms with Gasteiger partial charge < -0.3 is 14.6 Å². The van der Waals surface area contributed by atoms with Gasteiger partial charge in [0.1, 0.15) is 6.10 Å². The molecule has 0 spiro atoms. The highest BCUT2D eigenvalue weighted by molar-refractivity contribution is 7.80. The van der Waals surface area contributed by atoms with Gasteiger partial charge in [0.2, 0.25) is 5.91 Å². The van der Waals surface area contributed by atoms with Crippen molar-refractivity contribution in [1.82, 2.24) is 4.90 Å². The number of rotatable bonds is 4. The molecular weight excluding hydrogens is 270 g/mol. The van der Waals surface area contributed by atoms with E-state index in [0.717, 1.165) is 4.90 Å². The summed E-state index contributed by atoms with van der Waals surface area (Å²) in [6, 6.07) is -1.15. The Morgan fingerprint density at radius 2 is 2.16 bits per heavy atom. The van der Waals surface area contributed by atoms with E-state index in [4.69, 9.17) is 17.0 Å². The molecule has 0 aromatic rings. The van der Waals surface area contributed by atoms with Crippen LogP contribution in [0, 0.1) is 11.8 Å². The summed E-state index contributed by atoms with van der Waals surface area (Å²) < 4.78 is 10.0. The lowest BCUT2D eigenvalue weighted by atomic mass is 9.88. The van der Waals surface area contributed by atoms with E-state index >= 15 is 0 Å². The van der Waals surface area contributed by atoms with E-state index < -0.39 is 24.5 Å². The highest BCUT2D eigenvalue weighted by atomic mass is 32.1. The van der Waals surface area contributed by atoms with Gasteiger partial charge in [-0.15, -0.1) is 0 Å². The highest BCUT2D eigenvalue weighted by Crippen LogP contribution is 2.28. The monoisotopic (exact) mass is 289 g/mol. The van der Waals surface area contributed by atoms with Crippen LogP contribution in [0.3, 0.4) is 0 Å². The van der Waals surface area contributed by atoms with E-state index in [1.807, 2.05) is 13.8 Å². The molecule has 19 heavy (non-hydrogen) atoms. The second kappa shape index (κ2) is 6.29. The Hall–Kier alpha value is -1.21. The maximum absolute atomic E-state index is 12.4. The van der Waals surface area contributed by atoms with Crippen LogP contribution < -0.4 is 0 Å². The molecule has 1 fully saturated rings. The van der Waals surface area contributed by atoms with Crippen LogP contribution in [-0.4, -0.2) is 52.9 Å². The minimum atomic E-state index is -1.15. The predicted octanol–water partition coefficient (Wildman–Crippen LogP) is 0.325. The van der Waals surface area contributed by atoms with Crippen molar-refractivity contribution < 1.29 is 24.2 Å². The molecular formula is C12H19NO5S. The zero-order chi connectivity index (χ0) is 14.7. The number of esters is 1. The van der Waals surface area contributed by atoms with Crippen molar-refractivity contribution in [1.29, 1.82) is 0 Å². The first-order valence-electron chi connectivity index (χ1n) is 6.07. The third-order valence-corrected chi connectivity index (χ3v) is 3.48. The summed E-state index contributed by atoms with van der Waals surface area (Å²) in [5, 5.41) is 9.20. The number of carbonyl (C=O) groups excluding carboxylic acids is 2. The molecule has 0 radical (unpaired) electrons. The van der Waals surface area contributed by atoms with Gasteiger partial charge in [-0.1, -0.05) is 13.8 Å². The second-order valence-corrected chi connectivity index (χ2v) is 5.14. The Morgan fingerprint density at radius 1 is 1.58 bits per heavy atom. The van der Waals surface area contributed by atoms with E-state index in [-0.39, 0.29) is 23.1 Å². The summed E-state index contributed by atoms with van der Waals surface area (Å²) in [5.41, 5.74) is 0. The smallest absolute Gasteiger partial charge is 0.331 e. The van der Waals surface area contributed by atoms with Crippen LogP contribution >= 0.6 is 12.2 Å². The Balaban J connectivity index is 3.07. The van der Waals surface area contributed by atoms with Crippen LogP contribution in [0.1, 0.15) is 20.8 Å². The van der Waals surface area contributed by atoms with Crippen LogP contribution in [0.25, 0.3) is 0 Å². The number of thiocarbonyl (C=S) groups is 1. The first-order chi connectivity index (χ1) is 8.84. The molecule has 0 unspecified atom stereocenters. The lowest BCUT2D eigenvalue weighted by molar-refractivity contribution is -0.158. The average molecular weight is 289 g/mol. The second-order valence-electron chi connectivity index (χ2n) is 4.79. The van der Waals surface area contributed by atoms with Gasteiger partial charge in [0.05, 0.1) is 19.6 Å². The first kappa shape index (κ1) is 15.8. The molecule has 1 heterocycles. The molecule has 1 N–H and O–H groups in total. The van der Waals surface area contributed by atoms with Crippen LogP contribution in [-0.2, 0) is 19.1 Å². The molecule has 6 nitrogen and oxygen atoms in total. The Bertz CT molecular complexity index is 384. The molecule has 1 aliphatic heterocycles. The number of hydrogen-bond acceptors (Lipinski definition) is 6. The molecule has 0 saturated carbocycles. The van der Waals surface area contributed by atoms with E-state index in [1.165, 1.54) is 7.11 Å². The number of methoxy groups -OCH3 is 1. The normalized spacial score (nSPS) is 25.3. The van der Waals surface area contributed by atoms with Gasteiger partial charge in [-0.3, -0.25) is 9.69 Å². The maximum Gasteiger partial charge on any atom is 0.331 e. The van der Waals surface area contributed by atoms with Gasteiger partial charge in [-0.2, -0.15) is 0 Å². The van der Waals surface area contributed by atoms with Gasteiger partial charge in [0, 0.05) is 0 Å². The predicted molar refractivity (Wildman–Crippen MR) is 71.2 cm³/mol. The van der Waals surface area contributed by atoms with Crippen molar-refractivity contribution in [3.05, 3.63) is 0 Å². The summed E-state index contributed by atoms with van der Waals surface area (Å²) in [6.45, 7) is 4.97. The Kier molecular flexibility index (Phi) is 5.25. The quantitative estimate of drug-likeness (QED) is 0.593. The summed E-state index contributed by atoms with van der Waals surface area (Å²) in [5.74, 6) is -1.42. The number of amides is 1. The van der Waals surface area contributed by atoms with Crippen molar-refractivity contribution in [2.24, 2.45) is 11.8 Å². The largest absolute Gasteiger partial charge is 0.467 e. The average Bonchev–Trinajstić information content (AvgIpc) is 2.32. The van der Waals surface area contributed by atoms with Crippen LogP contribution in [0.2, 0.25) is 0 Å². The van der Waals surface area contributed by atoms with Crippen LogP contribution in [0.15, 0.2) is 0 Å². The van der Waals surface area contributed by atoms with E-state index in [2.05, 4.69) is 4.74 Å². The molecule has 1 aliphatic rings. The summed E-state index contributed by atoms with van der Waals surface area (Å²) in [6.07, 6.45) is -0.353. The van der Waals surface area contributed by atoms with Gasteiger partial charge in [0.15, 0.2) is 6.04 Å². The molecule has 1 saturated heterocycles. The fraction of sp³-hybridized carbons (Fsp3) is 0.750. The fourth-order valence-corrected chi connectivity index (χ4v) is 2.62. The molecule has 108 valence electrons. The molecule has 7 heteroatoms. The minimum Gasteiger partial charge on any atom is -0.467 e. The van der Waals surface area contributed by atoms with Gasteiger partial charge in [-0.05, 0) is 25.1 Å². The zero-order valence-corrected chi connectivity index (χ0v) is 12.3. The number of carbonyl (C=O) groups is 2. The number of ether oxygens (including phenoxy) is 2. The molecule has 0 aromatic carbocycles. The third-order valence-electron chi connectivity index (χ3n) is 3.19. The molecule has 0 bridgehead atoms. The number of aliphatic hydroxyl groups is 1. The van der Waals surface area contributed by atoms with E-state index in [1.54, 1.807) is 6.92 Å². The summed E-state index contributed by atoms with van der Waals surface area (Å²) in [7, 11) is 1.19. The van der Waals surface area contributed by atoms with Crippen molar-refractivity contribution in [3.8, 4) is 0 Å². The van der Waals surface area contributed by atoms with Crippen molar-refractivity contribution in [3.63, 3.8) is 0 Å². The Labute approximate surface area is 117 Å². The third kappa shape index (κ3) is 3.03. The van der Waals surface area contributed by atoms with Crippen molar-refractivity contribution >= 4 is 29.3 Å². The van der Waals surface area contributed by atoms with Crippen molar-refractivity contribution in [2.45, 2.75) is 32.9 Å². The van der Waals surface area contributed by atoms with E-state index in [0.29, 0.717) is 0 Å². The molecule has 0 aliphatic carbocycles. The highest BCUT2D eigenvalue weighted by Gasteiger charge is 2.45. The van der Waals surface area contributed by atoms with Crippen LogP contribution in [0.4, 0.5) is 0 Å². The first-order valence-corrected chi connectivity index (χ1v) is 6.48. The SMILES string of the molecule is COC(=O)[C@@H](CO)N1C(=O)[C@@H](C(C)C)[C@@H](C)OC1=S. The standard InChI is InChI=1S/C12H19NO5S/c1-6(2)9-7(3)18-12(19)13(10(9)15)8(5-14)11(16)17-4/h6-9,14H,5H2,1-4H3/t7-,8-,9+/m1/s1. The lowest BCUT2D eigenvalue weighted by Crippen LogP contribution is -2.59. The zero-order valence-electron chi connectivity index (χ0n) is 11.5. The maximum atomic E-state index is 12.4. The van der Waals surface area contributed by atoms with Gasteiger partial charge in [0.25, 0.3) is 5.17 Å². The summed E-state index contributed by atoms with van der Waals surface area (Å²) >= 11 is 4.99. The molecule has 1 rings (SSSR count). The fourth-order valence-electron chi connectivity index (χ4n) is 2.25. The number of nitrogens with zero attached hydrogens (tertiary/aromatic N) is 1. The lowest BCUT2D eigenvalue weighted by Gasteiger charge is -2.40. The molecule has 0 aromatic heterocycles. The minimum absolute atomic E-state index is 0.0325. The van der Waals surface area contributed by atoms with Gasteiger partial charge in [-0.25, -0.2) is 4.79 Å². The van der Waals surface area contributed by atoms with Crippen molar-refractivity contribution in [2.75, 3.05) is 13.7 Å². The van der Waals surface area contributed by atoms with Crippen LogP contribution in [0.5, 0.6) is 0 Å². The number of hydrogen-bond donors (Lipinski definition) is 1. The van der Waals surface area contributed by atoms with Gasteiger partial charge >= 0.3 is 5.97 Å². The molecule has 3 atom stereocenters. The number of aliphatic hydroxyl groups excluding tert-OH is 1. The van der Waals surface area contributed by atoms with E-state index in [9.17, 15) is 14.7 Å². The molecule has 1 amide bonds. The topological polar surface area (TPSA) is 76.1 Å².